The van der Waals surface area contributed by atoms with Gasteiger partial charge >= 0.3 is 6.18 Å². The Labute approximate surface area is 131 Å². The number of piperidine rings is 1. The summed E-state index contributed by atoms with van der Waals surface area (Å²) in [5, 5.41) is 1.76. The lowest BCUT2D eigenvalue weighted by Gasteiger charge is -2.39. The van der Waals surface area contributed by atoms with Crippen LogP contribution in [0.2, 0.25) is 0 Å². The Balaban J connectivity index is 1.94. The van der Waals surface area contributed by atoms with Gasteiger partial charge in [-0.3, -0.25) is 4.79 Å². The van der Waals surface area contributed by atoms with E-state index in [2.05, 4.69) is 0 Å². The van der Waals surface area contributed by atoms with E-state index in [4.69, 9.17) is 5.73 Å². The molecule has 0 bridgehead atoms. The minimum atomic E-state index is -4.44. The molecule has 122 valence electrons. The Morgan fingerprint density at radius 2 is 1.78 bits per heavy atom. The number of carbonyl (C=O) groups excluding carboxylic acids is 1. The van der Waals surface area contributed by atoms with E-state index in [0.717, 1.165) is 15.7 Å². The van der Waals surface area contributed by atoms with Gasteiger partial charge in [0.25, 0.3) is 5.91 Å². The number of nitrogens with two attached hydrogens (primary N) is 1. The minimum Gasteiger partial charge on any atom is -0.326 e. The van der Waals surface area contributed by atoms with Crippen LogP contribution < -0.4 is 5.73 Å². The van der Waals surface area contributed by atoms with Crippen LogP contribution in [0.3, 0.4) is 0 Å². The van der Waals surface area contributed by atoms with Crippen molar-refractivity contribution in [2.24, 2.45) is 5.73 Å². The highest BCUT2D eigenvalue weighted by atomic mass is 19.4. The maximum atomic E-state index is 13.2. The first-order valence-corrected chi connectivity index (χ1v) is 7.48. The number of likely N-dealkylation sites (tertiary alicyclic amines) is 1. The van der Waals surface area contributed by atoms with Crippen molar-refractivity contribution in [1.82, 2.24) is 4.90 Å². The summed E-state index contributed by atoms with van der Waals surface area (Å²) in [6.07, 6.45) is -4.32. The van der Waals surface area contributed by atoms with Gasteiger partial charge in [0.1, 0.15) is 6.04 Å². The summed E-state index contributed by atoms with van der Waals surface area (Å²) in [5.41, 5.74) is 6.03. The zero-order valence-electron chi connectivity index (χ0n) is 12.4. The molecule has 0 radical (unpaired) electrons. The predicted molar refractivity (Wildman–Crippen MR) is 82.0 cm³/mol. The highest BCUT2D eigenvalue weighted by Crippen LogP contribution is 2.32. The standard InChI is InChI=1S/C17H17F3N2O/c18-17(19,20)15-8-7-14(21)10-22(15)16(23)13-6-5-11-3-1-2-4-12(11)9-13/h1-6,9,14-15H,7-8,10,21H2/t14-,15+/m0/s1. The molecule has 3 nitrogen and oxygen atoms in total. The third kappa shape index (κ3) is 3.17. The fourth-order valence-electron chi connectivity index (χ4n) is 3.05. The second kappa shape index (κ2) is 5.85. The van der Waals surface area contributed by atoms with E-state index in [1.807, 2.05) is 24.3 Å². The van der Waals surface area contributed by atoms with E-state index in [0.29, 0.717) is 0 Å². The lowest BCUT2D eigenvalue weighted by atomic mass is 9.96. The smallest absolute Gasteiger partial charge is 0.326 e. The van der Waals surface area contributed by atoms with Crippen molar-refractivity contribution in [3.63, 3.8) is 0 Å². The highest BCUT2D eigenvalue weighted by Gasteiger charge is 2.47. The lowest BCUT2D eigenvalue weighted by Crippen LogP contribution is -2.56. The van der Waals surface area contributed by atoms with Crippen LogP contribution >= 0.6 is 0 Å². The Morgan fingerprint density at radius 1 is 1.09 bits per heavy atom. The maximum absolute atomic E-state index is 13.2. The van der Waals surface area contributed by atoms with Crippen molar-refractivity contribution in [3.05, 3.63) is 48.0 Å². The molecule has 3 rings (SSSR count). The van der Waals surface area contributed by atoms with E-state index in [1.54, 1.807) is 18.2 Å². The summed E-state index contributed by atoms with van der Waals surface area (Å²) in [7, 11) is 0. The van der Waals surface area contributed by atoms with Crippen LogP contribution in [0.5, 0.6) is 0 Å². The van der Waals surface area contributed by atoms with E-state index in [-0.39, 0.29) is 24.9 Å². The first-order valence-electron chi connectivity index (χ1n) is 7.48. The number of hydrogen-bond donors (Lipinski definition) is 1. The highest BCUT2D eigenvalue weighted by molar-refractivity contribution is 5.98. The monoisotopic (exact) mass is 322 g/mol. The van der Waals surface area contributed by atoms with Crippen molar-refractivity contribution in [3.8, 4) is 0 Å². The molecular formula is C17H17F3N2O. The van der Waals surface area contributed by atoms with Gasteiger partial charge in [0.05, 0.1) is 0 Å². The third-order valence-corrected chi connectivity index (χ3v) is 4.25. The van der Waals surface area contributed by atoms with Crippen molar-refractivity contribution in [2.75, 3.05) is 6.54 Å². The Hall–Kier alpha value is -2.08. The number of rotatable bonds is 1. The molecule has 0 spiro atoms. The van der Waals surface area contributed by atoms with Gasteiger partial charge in [-0.25, -0.2) is 0 Å². The SMILES string of the molecule is N[C@H]1CC[C@H](C(F)(F)F)N(C(=O)c2ccc3ccccc3c2)C1. The molecule has 2 aromatic carbocycles. The molecule has 0 aliphatic carbocycles. The number of fused-ring (bicyclic) bond motifs is 1. The van der Waals surface area contributed by atoms with Gasteiger partial charge in [0.15, 0.2) is 0 Å². The summed E-state index contributed by atoms with van der Waals surface area (Å²) in [4.78, 5) is 13.5. The van der Waals surface area contributed by atoms with Crippen LogP contribution in [-0.4, -0.2) is 35.6 Å². The molecule has 1 heterocycles. The van der Waals surface area contributed by atoms with Gasteiger partial charge < -0.3 is 10.6 Å². The number of halogens is 3. The molecule has 0 aromatic heterocycles. The molecule has 0 unspecified atom stereocenters. The van der Waals surface area contributed by atoms with E-state index in [1.165, 1.54) is 0 Å². The number of alkyl halides is 3. The molecule has 23 heavy (non-hydrogen) atoms. The predicted octanol–water partition coefficient (Wildman–Crippen LogP) is 3.33. The van der Waals surface area contributed by atoms with Crippen LogP contribution in [0, 0.1) is 0 Å². The van der Waals surface area contributed by atoms with Crippen molar-refractivity contribution in [1.29, 1.82) is 0 Å². The largest absolute Gasteiger partial charge is 0.408 e. The average Bonchev–Trinajstić information content (AvgIpc) is 2.52. The normalized spacial score (nSPS) is 22.3. The quantitative estimate of drug-likeness (QED) is 0.875. The molecule has 1 aliphatic rings. The fourth-order valence-corrected chi connectivity index (χ4v) is 3.05. The van der Waals surface area contributed by atoms with Gasteiger partial charge in [-0.05, 0) is 35.7 Å². The second-order valence-corrected chi connectivity index (χ2v) is 5.91. The third-order valence-electron chi connectivity index (χ3n) is 4.25. The van der Waals surface area contributed by atoms with E-state index in [9.17, 15) is 18.0 Å². The molecular weight excluding hydrogens is 305 g/mol. The molecule has 1 aliphatic heterocycles. The average molecular weight is 322 g/mol. The Morgan fingerprint density at radius 3 is 2.48 bits per heavy atom. The minimum absolute atomic E-state index is 0.0736. The molecule has 0 saturated carbocycles. The summed E-state index contributed by atoms with van der Waals surface area (Å²) in [5.74, 6) is -0.617. The summed E-state index contributed by atoms with van der Waals surface area (Å²) < 4.78 is 39.6. The topological polar surface area (TPSA) is 46.3 Å². The number of carbonyl (C=O) groups is 1. The van der Waals surface area contributed by atoms with E-state index < -0.39 is 24.2 Å². The van der Waals surface area contributed by atoms with Crippen molar-refractivity contribution in [2.45, 2.75) is 31.1 Å². The van der Waals surface area contributed by atoms with Crippen molar-refractivity contribution < 1.29 is 18.0 Å². The molecule has 2 atom stereocenters. The molecule has 2 aromatic rings. The molecule has 6 heteroatoms. The zero-order valence-corrected chi connectivity index (χ0v) is 12.4. The Kier molecular flexibility index (Phi) is 4.02. The first-order chi connectivity index (χ1) is 10.9. The number of nitrogens with zero attached hydrogens (tertiary/aromatic N) is 1. The number of benzene rings is 2. The van der Waals surface area contributed by atoms with E-state index >= 15 is 0 Å². The number of amides is 1. The molecule has 2 N–H and O–H groups in total. The van der Waals surface area contributed by atoms with Gasteiger partial charge in [-0.15, -0.1) is 0 Å². The van der Waals surface area contributed by atoms with Crippen LogP contribution in [0.4, 0.5) is 13.2 Å². The van der Waals surface area contributed by atoms with Crippen LogP contribution in [0.25, 0.3) is 10.8 Å². The van der Waals surface area contributed by atoms with Gasteiger partial charge in [-0.1, -0.05) is 30.3 Å². The molecule has 1 fully saturated rings. The lowest BCUT2D eigenvalue weighted by molar-refractivity contribution is -0.184. The van der Waals surface area contributed by atoms with Crippen LogP contribution in [-0.2, 0) is 0 Å². The summed E-state index contributed by atoms with van der Waals surface area (Å²) >= 11 is 0. The summed E-state index contributed by atoms with van der Waals surface area (Å²) in [6, 6.07) is 10.2. The van der Waals surface area contributed by atoms with Gasteiger partial charge in [-0.2, -0.15) is 13.2 Å². The second-order valence-electron chi connectivity index (χ2n) is 5.91. The molecule has 1 saturated heterocycles. The fraction of sp³-hybridized carbons (Fsp3) is 0.353. The molecule has 1 amide bonds. The summed E-state index contributed by atoms with van der Waals surface area (Å²) in [6.45, 7) is -0.0736. The zero-order chi connectivity index (χ0) is 16.6. The van der Waals surface area contributed by atoms with Crippen LogP contribution in [0.15, 0.2) is 42.5 Å². The van der Waals surface area contributed by atoms with Crippen molar-refractivity contribution >= 4 is 16.7 Å². The maximum Gasteiger partial charge on any atom is 0.408 e. The first kappa shape index (κ1) is 15.8. The van der Waals surface area contributed by atoms with Gasteiger partial charge in [0, 0.05) is 18.2 Å². The Bertz CT molecular complexity index is 729. The van der Waals surface area contributed by atoms with Gasteiger partial charge in [0.2, 0.25) is 0 Å². The number of hydrogen-bond acceptors (Lipinski definition) is 2. The van der Waals surface area contributed by atoms with Crippen LogP contribution in [0.1, 0.15) is 23.2 Å².